The molecule has 1 saturated carbocycles. The fourth-order valence-corrected chi connectivity index (χ4v) is 2.55. The Morgan fingerprint density at radius 1 is 1.06 bits per heavy atom. The van der Waals surface area contributed by atoms with Crippen LogP contribution in [0.3, 0.4) is 0 Å². The third-order valence-corrected chi connectivity index (χ3v) is 3.65. The van der Waals surface area contributed by atoms with Crippen LogP contribution in [0.15, 0.2) is 0 Å². The van der Waals surface area contributed by atoms with Crippen molar-refractivity contribution < 1.29 is 14.2 Å². The van der Waals surface area contributed by atoms with Gasteiger partial charge in [-0.2, -0.15) is 0 Å². The van der Waals surface area contributed by atoms with Crippen LogP contribution in [-0.4, -0.2) is 53.2 Å². The molecule has 0 heterocycles. The smallest absolute Gasteiger partial charge is 0.0701 e. The van der Waals surface area contributed by atoms with Gasteiger partial charge in [-0.25, -0.2) is 0 Å². The first-order valence-corrected chi connectivity index (χ1v) is 7.20. The molecule has 1 unspecified atom stereocenters. The number of rotatable bonds is 11. The van der Waals surface area contributed by atoms with E-state index < -0.39 is 0 Å². The van der Waals surface area contributed by atoms with Gasteiger partial charge in [0.1, 0.15) is 0 Å². The monoisotopic (exact) mass is 259 g/mol. The van der Waals surface area contributed by atoms with E-state index in [0.717, 1.165) is 32.2 Å². The Morgan fingerprint density at radius 2 is 1.78 bits per heavy atom. The summed E-state index contributed by atoms with van der Waals surface area (Å²) in [6.45, 7) is 3.71. The Bertz CT molecular complexity index is 184. The molecule has 4 nitrogen and oxygen atoms in total. The number of likely N-dealkylation sites (N-methyl/N-ethyl adjacent to an activating group) is 1. The van der Waals surface area contributed by atoms with Gasteiger partial charge < -0.3 is 19.5 Å². The van der Waals surface area contributed by atoms with Crippen LogP contribution in [0.5, 0.6) is 0 Å². The fraction of sp³-hybridized carbons (Fsp3) is 1.00. The molecule has 108 valence electrons. The lowest BCUT2D eigenvalue weighted by Crippen LogP contribution is -2.37. The highest BCUT2D eigenvalue weighted by atomic mass is 16.5. The molecule has 1 atom stereocenters. The molecule has 0 spiro atoms. The van der Waals surface area contributed by atoms with E-state index in [4.69, 9.17) is 14.2 Å². The molecular weight excluding hydrogens is 230 g/mol. The van der Waals surface area contributed by atoms with Gasteiger partial charge in [-0.1, -0.05) is 12.8 Å². The average molecular weight is 259 g/mol. The maximum Gasteiger partial charge on any atom is 0.0701 e. The summed E-state index contributed by atoms with van der Waals surface area (Å²) in [5.74, 6) is 0.803. The summed E-state index contributed by atoms with van der Waals surface area (Å²) in [4.78, 5) is 0. The minimum Gasteiger partial charge on any atom is -0.385 e. The fourth-order valence-electron chi connectivity index (χ4n) is 2.55. The molecule has 0 amide bonds. The second kappa shape index (κ2) is 10.7. The summed E-state index contributed by atoms with van der Waals surface area (Å²) in [6.07, 6.45) is 6.42. The molecule has 0 aromatic carbocycles. The molecule has 0 bridgehead atoms. The Kier molecular flexibility index (Phi) is 9.48. The van der Waals surface area contributed by atoms with Crippen molar-refractivity contribution >= 4 is 0 Å². The highest BCUT2D eigenvalue weighted by Crippen LogP contribution is 2.27. The predicted molar refractivity (Wildman–Crippen MR) is 72.9 cm³/mol. The number of ether oxygens (including phenoxy) is 3. The normalized spacial score (nSPS) is 18.3. The van der Waals surface area contributed by atoms with Crippen molar-refractivity contribution in [1.29, 1.82) is 0 Å². The molecule has 0 aromatic heterocycles. The van der Waals surface area contributed by atoms with E-state index in [1.54, 1.807) is 7.11 Å². The van der Waals surface area contributed by atoms with Crippen LogP contribution in [-0.2, 0) is 14.2 Å². The molecule has 4 heteroatoms. The maximum atomic E-state index is 5.69. The highest BCUT2D eigenvalue weighted by molar-refractivity contribution is 4.79. The van der Waals surface area contributed by atoms with E-state index in [0.29, 0.717) is 19.3 Å². The third-order valence-electron chi connectivity index (χ3n) is 3.65. The zero-order chi connectivity index (χ0) is 13.1. The molecule has 0 aromatic rings. The van der Waals surface area contributed by atoms with Crippen molar-refractivity contribution in [3.63, 3.8) is 0 Å². The van der Waals surface area contributed by atoms with Crippen LogP contribution in [0, 0.1) is 5.92 Å². The Hall–Kier alpha value is -0.160. The third kappa shape index (κ3) is 6.69. The first-order chi connectivity index (χ1) is 8.88. The van der Waals surface area contributed by atoms with Gasteiger partial charge in [0, 0.05) is 26.4 Å². The number of hydrogen-bond acceptors (Lipinski definition) is 4. The molecule has 0 radical (unpaired) electrons. The predicted octanol–water partition coefficient (Wildman–Crippen LogP) is 1.83. The van der Waals surface area contributed by atoms with Gasteiger partial charge in [-0.05, 0) is 32.2 Å². The van der Waals surface area contributed by atoms with E-state index in [-0.39, 0.29) is 0 Å². The lowest BCUT2D eigenvalue weighted by atomic mass is 9.99. The lowest BCUT2D eigenvalue weighted by molar-refractivity contribution is 0.0277. The largest absolute Gasteiger partial charge is 0.385 e. The van der Waals surface area contributed by atoms with Gasteiger partial charge in [0.15, 0.2) is 0 Å². The van der Waals surface area contributed by atoms with Gasteiger partial charge in [0.25, 0.3) is 0 Å². The van der Waals surface area contributed by atoms with E-state index in [2.05, 4.69) is 5.32 Å². The van der Waals surface area contributed by atoms with E-state index in [1.165, 1.54) is 25.7 Å². The Morgan fingerprint density at radius 3 is 2.44 bits per heavy atom. The van der Waals surface area contributed by atoms with Crippen LogP contribution in [0.1, 0.15) is 32.1 Å². The summed E-state index contributed by atoms with van der Waals surface area (Å²) in [6, 6.07) is 0.515. The molecule has 1 fully saturated rings. The molecule has 1 rings (SSSR count). The molecule has 1 N–H and O–H groups in total. The molecule has 0 saturated heterocycles. The minimum absolute atomic E-state index is 0.515. The van der Waals surface area contributed by atoms with Crippen molar-refractivity contribution in [2.24, 2.45) is 5.92 Å². The quantitative estimate of drug-likeness (QED) is 0.575. The molecule has 0 aliphatic heterocycles. The SMILES string of the molecule is CNC(COCCOCCCOC)C1CCCC1. The second-order valence-electron chi connectivity index (χ2n) is 4.97. The van der Waals surface area contributed by atoms with Crippen LogP contribution in [0.4, 0.5) is 0 Å². The van der Waals surface area contributed by atoms with Gasteiger partial charge in [0.2, 0.25) is 0 Å². The van der Waals surface area contributed by atoms with Crippen LogP contribution >= 0.6 is 0 Å². The molecule has 1 aliphatic rings. The van der Waals surface area contributed by atoms with Gasteiger partial charge in [-0.3, -0.25) is 0 Å². The van der Waals surface area contributed by atoms with Crippen molar-refractivity contribution in [2.45, 2.75) is 38.1 Å². The minimum atomic E-state index is 0.515. The summed E-state index contributed by atoms with van der Waals surface area (Å²) in [7, 11) is 3.75. The summed E-state index contributed by atoms with van der Waals surface area (Å²) < 4.78 is 16.1. The highest BCUT2D eigenvalue weighted by Gasteiger charge is 2.23. The summed E-state index contributed by atoms with van der Waals surface area (Å²) in [5, 5.41) is 3.38. The molecule has 18 heavy (non-hydrogen) atoms. The molecule has 1 aliphatic carbocycles. The van der Waals surface area contributed by atoms with Crippen molar-refractivity contribution in [1.82, 2.24) is 5.32 Å². The zero-order valence-electron chi connectivity index (χ0n) is 12.0. The van der Waals surface area contributed by atoms with Gasteiger partial charge >= 0.3 is 0 Å². The van der Waals surface area contributed by atoms with Crippen molar-refractivity contribution in [3.8, 4) is 0 Å². The zero-order valence-corrected chi connectivity index (χ0v) is 12.0. The second-order valence-corrected chi connectivity index (χ2v) is 4.97. The first-order valence-electron chi connectivity index (χ1n) is 7.20. The van der Waals surface area contributed by atoms with Crippen LogP contribution in [0.25, 0.3) is 0 Å². The summed E-state index contributed by atoms with van der Waals surface area (Å²) >= 11 is 0. The Balaban J connectivity index is 1.92. The van der Waals surface area contributed by atoms with E-state index >= 15 is 0 Å². The lowest BCUT2D eigenvalue weighted by Gasteiger charge is -2.22. The van der Waals surface area contributed by atoms with Gasteiger partial charge in [-0.15, -0.1) is 0 Å². The average Bonchev–Trinajstić information content (AvgIpc) is 2.91. The van der Waals surface area contributed by atoms with E-state index in [9.17, 15) is 0 Å². The van der Waals surface area contributed by atoms with Crippen molar-refractivity contribution in [3.05, 3.63) is 0 Å². The number of hydrogen-bond donors (Lipinski definition) is 1. The number of methoxy groups -OCH3 is 1. The Labute approximate surface area is 111 Å². The number of nitrogens with one attached hydrogen (secondary N) is 1. The topological polar surface area (TPSA) is 39.7 Å². The van der Waals surface area contributed by atoms with Crippen LogP contribution in [0.2, 0.25) is 0 Å². The van der Waals surface area contributed by atoms with Crippen molar-refractivity contribution in [2.75, 3.05) is 47.2 Å². The van der Waals surface area contributed by atoms with Gasteiger partial charge in [0.05, 0.1) is 19.8 Å². The summed E-state index contributed by atoms with van der Waals surface area (Å²) in [5.41, 5.74) is 0. The first kappa shape index (κ1) is 15.9. The standard InChI is InChI=1S/C14H29NO3/c1-15-14(13-6-3-4-7-13)12-18-11-10-17-9-5-8-16-2/h13-15H,3-12H2,1-2H3. The van der Waals surface area contributed by atoms with Crippen LogP contribution < -0.4 is 5.32 Å². The van der Waals surface area contributed by atoms with E-state index in [1.807, 2.05) is 7.05 Å². The maximum absolute atomic E-state index is 5.69. The molecular formula is C14H29NO3.